The van der Waals surface area contributed by atoms with Gasteiger partial charge in [-0.25, -0.2) is 9.13 Å². The number of hydrogen-bond donors (Lipinski definition) is 0. The van der Waals surface area contributed by atoms with Crippen molar-refractivity contribution in [2.45, 2.75) is 26.9 Å². The number of ketones is 1. The molecule has 1 aromatic heterocycles. The van der Waals surface area contributed by atoms with Gasteiger partial charge in [-0.1, -0.05) is 58.4 Å². The van der Waals surface area contributed by atoms with E-state index in [0.29, 0.717) is 6.54 Å². The Morgan fingerprint density at radius 1 is 0.964 bits per heavy atom. The fraction of sp³-hybridized carbons (Fsp3) is 0.167. The van der Waals surface area contributed by atoms with Crippen LogP contribution in [0.25, 0.3) is 11.0 Å². The molecule has 0 aliphatic heterocycles. The van der Waals surface area contributed by atoms with Crippen molar-refractivity contribution in [2.24, 2.45) is 0 Å². The molecule has 3 aromatic carbocycles. The predicted octanol–water partition coefficient (Wildman–Crippen LogP) is 5.24. The highest BCUT2D eigenvalue weighted by atomic mass is 79.9. The Hall–Kier alpha value is -2.72. The van der Waals surface area contributed by atoms with Crippen LogP contribution in [0.5, 0.6) is 0 Å². The second kappa shape index (κ2) is 7.72. The summed E-state index contributed by atoms with van der Waals surface area (Å²) in [5.74, 6) is 0.100. The normalized spacial score (nSPS) is 11.1. The third-order valence-electron chi connectivity index (χ3n) is 5.14. The van der Waals surface area contributed by atoms with Crippen molar-refractivity contribution in [3.05, 3.63) is 99.8 Å². The summed E-state index contributed by atoms with van der Waals surface area (Å²) >= 11 is 3.45. The van der Waals surface area contributed by atoms with Gasteiger partial charge in [0.1, 0.15) is 6.54 Å². The Morgan fingerprint density at radius 2 is 1.71 bits per heavy atom. The van der Waals surface area contributed by atoms with Gasteiger partial charge < -0.3 is 0 Å². The summed E-state index contributed by atoms with van der Waals surface area (Å²) in [7, 11) is 0. The minimum Gasteiger partial charge on any atom is -0.290 e. The summed E-state index contributed by atoms with van der Waals surface area (Å²) in [6.07, 6.45) is 2.06. The molecule has 0 saturated carbocycles. The quantitative estimate of drug-likeness (QED) is 0.312. The zero-order valence-electron chi connectivity index (χ0n) is 16.0. The van der Waals surface area contributed by atoms with E-state index in [1.165, 1.54) is 16.7 Å². The van der Waals surface area contributed by atoms with Crippen LogP contribution in [0.2, 0.25) is 0 Å². The molecule has 0 saturated heterocycles. The first-order valence-corrected chi connectivity index (χ1v) is 10.1. The lowest BCUT2D eigenvalue weighted by Gasteiger charge is -2.02. The number of aromatic nitrogens is 2. The molecule has 0 unspecified atom stereocenters. The van der Waals surface area contributed by atoms with Crippen LogP contribution in [0.1, 0.15) is 27.0 Å². The number of hydrogen-bond acceptors (Lipinski definition) is 1. The van der Waals surface area contributed by atoms with Gasteiger partial charge in [0.2, 0.25) is 12.1 Å². The fourth-order valence-corrected chi connectivity index (χ4v) is 3.88. The van der Waals surface area contributed by atoms with E-state index in [1.807, 2.05) is 30.3 Å². The summed E-state index contributed by atoms with van der Waals surface area (Å²) in [4.78, 5) is 12.9. The van der Waals surface area contributed by atoms with Crippen LogP contribution >= 0.6 is 15.9 Å². The van der Waals surface area contributed by atoms with E-state index in [-0.39, 0.29) is 5.78 Å². The summed E-state index contributed by atoms with van der Waals surface area (Å²) in [6.45, 7) is 5.34. The van der Waals surface area contributed by atoms with E-state index in [1.54, 1.807) is 0 Å². The van der Waals surface area contributed by atoms with Gasteiger partial charge in [0, 0.05) is 10.0 Å². The van der Waals surface area contributed by atoms with Crippen molar-refractivity contribution in [1.82, 2.24) is 4.57 Å². The SMILES string of the molecule is Cc1cc2c(cc1C)[n+](Cc1ccccc1)cn2CC(=O)c1cccc(Br)c1. The highest BCUT2D eigenvalue weighted by Crippen LogP contribution is 2.19. The number of imidazole rings is 1. The average Bonchev–Trinajstić information content (AvgIpc) is 2.99. The van der Waals surface area contributed by atoms with Crippen molar-refractivity contribution >= 4 is 32.7 Å². The number of halogens is 1. The van der Waals surface area contributed by atoms with Crippen molar-refractivity contribution in [3.8, 4) is 0 Å². The van der Waals surface area contributed by atoms with Crippen molar-refractivity contribution in [3.63, 3.8) is 0 Å². The summed E-state index contributed by atoms with van der Waals surface area (Å²) in [5, 5.41) is 0. The standard InChI is InChI=1S/C24H22BrN2O/c1-17-11-22-23(12-18(17)2)27(15-24(28)20-9-6-10-21(25)13-20)16-26(22)14-19-7-4-3-5-8-19/h3-13,16H,14-15H2,1-2H3/q+1. The Kier molecular flexibility index (Phi) is 5.14. The van der Waals surface area contributed by atoms with E-state index < -0.39 is 0 Å². The lowest BCUT2D eigenvalue weighted by Crippen LogP contribution is -2.33. The van der Waals surface area contributed by atoms with E-state index >= 15 is 0 Å². The van der Waals surface area contributed by atoms with Crippen LogP contribution in [0.15, 0.2) is 77.5 Å². The molecular formula is C24H22BrN2O+. The molecule has 1 heterocycles. The van der Waals surface area contributed by atoms with E-state index in [9.17, 15) is 4.79 Å². The average molecular weight is 434 g/mol. The molecule has 0 atom stereocenters. The van der Waals surface area contributed by atoms with Gasteiger partial charge in [-0.2, -0.15) is 0 Å². The maximum Gasteiger partial charge on any atom is 0.245 e. The monoisotopic (exact) mass is 433 g/mol. The number of nitrogens with zero attached hydrogens (tertiary/aromatic N) is 2. The number of fused-ring (bicyclic) bond motifs is 1. The largest absolute Gasteiger partial charge is 0.290 e. The number of carbonyl (C=O) groups is 1. The minimum absolute atomic E-state index is 0.100. The number of Topliss-reactive ketones (excluding diaryl/α,β-unsaturated/α-hetero) is 1. The molecule has 0 spiro atoms. The Labute approximate surface area is 173 Å². The molecule has 4 rings (SSSR count). The van der Waals surface area contributed by atoms with Crippen LogP contribution in [0.3, 0.4) is 0 Å². The molecule has 140 valence electrons. The number of benzene rings is 3. The lowest BCUT2D eigenvalue weighted by molar-refractivity contribution is -0.663. The molecule has 4 aromatic rings. The van der Waals surface area contributed by atoms with Crippen LogP contribution in [0.4, 0.5) is 0 Å². The fourth-order valence-electron chi connectivity index (χ4n) is 3.48. The molecule has 0 N–H and O–H groups in total. The van der Waals surface area contributed by atoms with Gasteiger partial charge in [0.15, 0.2) is 17.6 Å². The number of carbonyl (C=O) groups excluding carboxylic acids is 1. The highest BCUT2D eigenvalue weighted by molar-refractivity contribution is 9.10. The Balaban J connectivity index is 1.75. The van der Waals surface area contributed by atoms with Gasteiger partial charge in [0.25, 0.3) is 0 Å². The molecule has 0 radical (unpaired) electrons. The first-order valence-electron chi connectivity index (χ1n) is 9.33. The van der Waals surface area contributed by atoms with Gasteiger partial charge in [-0.3, -0.25) is 4.79 Å². The van der Waals surface area contributed by atoms with Crippen LogP contribution in [-0.2, 0) is 13.1 Å². The third-order valence-corrected chi connectivity index (χ3v) is 5.64. The topological polar surface area (TPSA) is 25.9 Å². The van der Waals surface area contributed by atoms with Gasteiger partial charge in [-0.15, -0.1) is 0 Å². The minimum atomic E-state index is 0.100. The molecule has 3 nitrogen and oxygen atoms in total. The van der Waals surface area contributed by atoms with Gasteiger partial charge >= 0.3 is 0 Å². The summed E-state index contributed by atoms with van der Waals surface area (Å²) in [6, 6.07) is 22.4. The van der Waals surface area contributed by atoms with E-state index in [0.717, 1.165) is 27.6 Å². The Morgan fingerprint density at radius 3 is 2.46 bits per heavy atom. The van der Waals surface area contributed by atoms with Crippen molar-refractivity contribution < 1.29 is 9.36 Å². The number of rotatable bonds is 5. The molecular weight excluding hydrogens is 412 g/mol. The predicted molar refractivity (Wildman–Crippen MR) is 116 cm³/mol. The lowest BCUT2D eigenvalue weighted by atomic mass is 10.1. The summed E-state index contributed by atoms with van der Waals surface area (Å²) < 4.78 is 5.21. The van der Waals surface area contributed by atoms with Crippen molar-refractivity contribution in [1.29, 1.82) is 0 Å². The van der Waals surface area contributed by atoms with Crippen LogP contribution in [0, 0.1) is 13.8 Å². The molecule has 0 amide bonds. The first kappa shape index (κ1) is 18.6. The maximum atomic E-state index is 12.9. The Bertz CT molecular complexity index is 1160. The molecule has 4 heteroatoms. The van der Waals surface area contributed by atoms with Gasteiger partial charge in [-0.05, 0) is 54.8 Å². The molecule has 0 bridgehead atoms. The van der Waals surface area contributed by atoms with Crippen LogP contribution in [-0.4, -0.2) is 10.4 Å². The molecule has 0 aliphatic carbocycles. The summed E-state index contributed by atoms with van der Waals surface area (Å²) in [5.41, 5.74) is 6.67. The second-order valence-corrected chi connectivity index (χ2v) is 8.13. The van der Waals surface area contributed by atoms with Crippen LogP contribution < -0.4 is 4.57 Å². The van der Waals surface area contributed by atoms with E-state index in [4.69, 9.17) is 0 Å². The van der Waals surface area contributed by atoms with Gasteiger partial charge in [0.05, 0.1) is 0 Å². The maximum absolute atomic E-state index is 12.9. The number of aryl methyl sites for hydroxylation is 2. The van der Waals surface area contributed by atoms with Crippen molar-refractivity contribution in [2.75, 3.05) is 0 Å². The smallest absolute Gasteiger partial charge is 0.245 e. The van der Waals surface area contributed by atoms with E-state index in [2.05, 4.69) is 81.6 Å². The third kappa shape index (κ3) is 3.78. The second-order valence-electron chi connectivity index (χ2n) is 7.22. The molecule has 0 fully saturated rings. The first-order chi connectivity index (χ1) is 13.5. The molecule has 28 heavy (non-hydrogen) atoms. The zero-order valence-corrected chi connectivity index (χ0v) is 17.6. The zero-order chi connectivity index (χ0) is 19.7. The highest BCUT2D eigenvalue weighted by Gasteiger charge is 2.20. The molecule has 0 aliphatic rings.